The van der Waals surface area contributed by atoms with Crippen LogP contribution in [0, 0.1) is 13.8 Å². The van der Waals surface area contributed by atoms with E-state index in [-0.39, 0.29) is 55.9 Å². The minimum absolute atomic E-state index is 0. The fourth-order valence-electron chi connectivity index (χ4n) is 3.97. The van der Waals surface area contributed by atoms with Crippen LogP contribution in [0.25, 0.3) is 22.3 Å². The Bertz CT molecular complexity index is 1060. The molecule has 0 aliphatic rings. The molecule has 0 amide bonds. The summed E-state index contributed by atoms with van der Waals surface area (Å²) in [5, 5.41) is 0. The molecule has 37 heavy (non-hydrogen) atoms. The van der Waals surface area contributed by atoms with Crippen LogP contribution in [0.3, 0.4) is 0 Å². The minimum Gasteiger partial charge on any atom is -0.202 e. The quantitative estimate of drug-likeness (QED) is 0.157. The number of hydrogen-bond acceptors (Lipinski definition) is 0. The van der Waals surface area contributed by atoms with Gasteiger partial charge >= 0.3 is 0 Å². The zero-order chi connectivity index (χ0) is 26.2. The summed E-state index contributed by atoms with van der Waals surface area (Å²) in [5.41, 5.74) is 11.4. The summed E-state index contributed by atoms with van der Waals surface area (Å²) >= 11 is 0. The molecule has 0 heterocycles. The summed E-state index contributed by atoms with van der Waals surface area (Å²) in [4.78, 5) is 0. The van der Waals surface area contributed by atoms with Gasteiger partial charge in [-0.3, -0.25) is 0 Å². The van der Waals surface area contributed by atoms with Crippen LogP contribution in [-0.2, 0) is 43.5 Å². The fraction of sp³-hybridized carbons (Fsp3) is 0.353. The number of rotatable bonds is 2. The molecule has 0 saturated carbocycles. The monoisotopic (exact) mass is 606 g/mol. The second-order valence-corrected chi connectivity index (χ2v) is 12.6. The van der Waals surface area contributed by atoms with E-state index in [1.165, 1.54) is 44.5 Å². The molecule has 0 aliphatic carbocycles. The first-order chi connectivity index (χ1) is 16.4. The molecule has 0 nitrogen and oxygen atoms in total. The number of hydrogen-bond donors (Lipinski definition) is 0. The van der Waals surface area contributed by atoms with Crippen molar-refractivity contribution in [1.29, 1.82) is 0 Å². The predicted molar refractivity (Wildman–Crippen MR) is 168 cm³/mol. The van der Waals surface area contributed by atoms with E-state index in [1.54, 1.807) is 0 Å². The molecular formula is C34H46ClSiY-2. The maximum atomic E-state index is 2.32. The predicted octanol–water partition coefficient (Wildman–Crippen LogP) is 10.3. The molecule has 4 aromatic rings. The zero-order valence-corrected chi connectivity index (χ0v) is 29.5. The van der Waals surface area contributed by atoms with Crippen LogP contribution in [0.5, 0.6) is 0 Å². The van der Waals surface area contributed by atoms with E-state index in [0.29, 0.717) is 0 Å². The van der Waals surface area contributed by atoms with E-state index < -0.39 is 0 Å². The Hall–Kier alpha value is -1.25. The van der Waals surface area contributed by atoms with Gasteiger partial charge in [0, 0.05) is 42.2 Å². The van der Waals surface area contributed by atoms with Crippen LogP contribution in [0.2, 0.25) is 13.1 Å². The Balaban J connectivity index is 0.000000604. The topological polar surface area (TPSA) is 0 Å². The zero-order valence-electron chi connectivity index (χ0n) is 24.6. The Morgan fingerprint density at radius 1 is 0.568 bits per heavy atom. The Labute approximate surface area is 261 Å². The van der Waals surface area contributed by atoms with Crippen LogP contribution in [0.4, 0.5) is 0 Å². The van der Waals surface area contributed by atoms with Gasteiger partial charge in [-0.05, 0) is 10.8 Å². The second-order valence-electron chi connectivity index (χ2n) is 11.5. The van der Waals surface area contributed by atoms with E-state index in [4.69, 9.17) is 0 Å². The summed E-state index contributed by atoms with van der Waals surface area (Å²) in [6.07, 6.45) is 0. The molecule has 0 N–H and O–H groups in total. The van der Waals surface area contributed by atoms with Crippen molar-refractivity contribution in [2.45, 2.75) is 79.3 Å². The largest absolute Gasteiger partial charge is 0.202 e. The first kappa shape index (κ1) is 35.8. The van der Waals surface area contributed by atoms with Gasteiger partial charge in [0.15, 0.2) is 0 Å². The average Bonchev–Trinajstić information content (AvgIpc) is 3.39. The number of halogens is 1. The second kappa shape index (κ2) is 16.0. The maximum absolute atomic E-state index is 2.32. The third-order valence-corrected chi connectivity index (χ3v) is 6.10. The average molecular weight is 607 g/mol. The molecule has 0 saturated heterocycles. The van der Waals surface area contributed by atoms with E-state index in [2.05, 4.69) is 153 Å². The summed E-state index contributed by atoms with van der Waals surface area (Å²) in [7, 11) is 0.750. The Morgan fingerprint density at radius 3 is 1.05 bits per heavy atom. The molecule has 0 bridgehead atoms. The molecule has 3 heteroatoms. The molecule has 2 radical (unpaired) electrons. The van der Waals surface area contributed by atoms with Gasteiger partial charge in [-0.25, -0.2) is 12.1 Å². The maximum Gasteiger partial charge on any atom is 0.0213 e. The van der Waals surface area contributed by atoms with Crippen LogP contribution in [0.1, 0.15) is 63.8 Å². The summed E-state index contributed by atoms with van der Waals surface area (Å²) < 4.78 is 0. The van der Waals surface area contributed by atoms with Crippen molar-refractivity contribution in [1.82, 2.24) is 0 Å². The molecule has 0 fully saturated rings. The Morgan fingerprint density at radius 2 is 0.838 bits per heavy atom. The molecule has 0 spiro atoms. The first-order valence-electron chi connectivity index (χ1n) is 12.8. The van der Waals surface area contributed by atoms with Crippen LogP contribution < -0.4 is 0 Å². The van der Waals surface area contributed by atoms with Crippen molar-refractivity contribution in [2.75, 3.05) is 0 Å². The third-order valence-electron chi connectivity index (χ3n) is 6.10. The van der Waals surface area contributed by atoms with Gasteiger partial charge in [0.25, 0.3) is 0 Å². The first-order valence-corrected chi connectivity index (χ1v) is 15.1. The molecule has 4 aromatic carbocycles. The van der Waals surface area contributed by atoms with Crippen molar-refractivity contribution in [3.63, 3.8) is 0 Å². The molecule has 0 atom stereocenters. The normalized spacial score (nSPS) is 10.6. The van der Waals surface area contributed by atoms with Gasteiger partial charge < -0.3 is 0 Å². The van der Waals surface area contributed by atoms with Crippen LogP contribution >= 0.6 is 12.4 Å². The van der Waals surface area contributed by atoms with E-state index in [9.17, 15) is 0 Å². The van der Waals surface area contributed by atoms with E-state index in [1.807, 2.05) is 0 Å². The van der Waals surface area contributed by atoms with Crippen LogP contribution in [-0.4, -0.2) is 9.52 Å². The fourth-order valence-corrected chi connectivity index (χ4v) is 3.97. The Kier molecular flexibility index (Phi) is 15.5. The van der Waals surface area contributed by atoms with Gasteiger partial charge in [0.1, 0.15) is 0 Å². The molecule has 4 rings (SSSR count). The van der Waals surface area contributed by atoms with Gasteiger partial charge in [-0.2, -0.15) is 45.5 Å². The number of benzene rings is 2. The van der Waals surface area contributed by atoms with Crippen molar-refractivity contribution >= 4 is 21.9 Å². The SMILES string of the molecule is C[SiH]C.Cc1[cH-]c(C(C)(C)C)cc1-c1ccccc1.Cc1[cH-]c(C(C)(C)C)cc1-c1ccccc1.Cl.[Y]. The molecule has 0 unspecified atom stereocenters. The third kappa shape index (κ3) is 10.8. The number of aryl methyl sites for hydroxylation is 2. The molecule has 198 valence electrons. The van der Waals surface area contributed by atoms with E-state index >= 15 is 0 Å². The van der Waals surface area contributed by atoms with Gasteiger partial charge in [0.2, 0.25) is 0 Å². The van der Waals surface area contributed by atoms with Crippen LogP contribution in [0.15, 0.2) is 84.9 Å². The van der Waals surface area contributed by atoms with Gasteiger partial charge in [0.05, 0.1) is 0 Å². The molecular weight excluding hydrogens is 561 g/mol. The molecule has 0 aromatic heterocycles. The van der Waals surface area contributed by atoms with Crippen molar-refractivity contribution in [3.05, 3.63) is 107 Å². The van der Waals surface area contributed by atoms with Gasteiger partial charge in [-0.15, -0.1) is 12.4 Å². The van der Waals surface area contributed by atoms with E-state index in [0.717, 1.165) is 9.52 Å². The summed E-state index contributed by atoms with van der Waals surface area (Å²) in [6, 6.07) is 30.5. The van der Waals surface area contributed by atoms with Crippen molar-refractivity contribution < 1.29 is 32.7 Å². The smallest absolute Gasteiger partial charge is 0.0213 e. The standard InChI is InChI=1S/2C16H19.C2H7Si.ClH.Y/c2*1-12-10-14(16(2,3)4)11-15(12)13-8-6-5-7-9-13;1-3-2;;/h2*5-11H,1-4H3;3H,1-2H3;1H;/q2*-1;;;. The van der Waals surface area contributed by atoms with Gasteiger partial charge in [-0.1, -0.05) is 140 Å². The van der Waals surface area contributed by atoms with Crippen molar-refractivity contribution in [3.8, 4) is 22.3 Å². The summed E-state index contributed by atoms with van der Waals surface area (Å²) in [5.74, 6) is 0. The van der Waals surface area contributed by atoms with Crippen molar-refractivity contribution in [2.24, 2.45) is 0 Å². The molecule has 0 aliphatic heterocycles. The summed E-state index contributed by atoms with van der Waals surface area (Å²) in [6.45, 7) is 22.4. The minimum atomic E-state index is 0.